The van der Waals surface area contributed by atoms with Crippen molar-refractivity contribution in [2.75, 3.05) is 55.3 Å². The number of aromatic nitrogens is 3. The fourth-order valence-electron chi connectivity index (χ4n) is 4.35. The molecule has 1 saturated heterocycles. The SMILES string of the molecule is CC1=C(Nc2nc(N[C@H](C)c3ccc(F)cc3)nc(N3CCN(C)CC3)n2)C=C(c2ccco2)NCC1. The van der Waals surface area contributed by atoms with Gasteiger partial charge in [-0.2, -0.15) is 15.0 Å². The van der Waals surface area contributed by atoms with E-state index in [2.05, 4.69) is 39.7 Å². The van der Waals surface area contributed by atoms with Gasteiger partial charge in [0.2, 0.25) is 17.8 Å². The third-order valence-electron chi connectivity index (χ3n) is 6.72. The zero-order valence-corrected chi connectivity index (χ0v) is 21.5. The second-order valence-electron chi connectivity index (χ2n) is 9.52. The van der Waals surface area contributed by atoms with E-state index in [1.54, 1.807) is 18.4 Å². The summed E-state index contributed by atoms with van der Waals surface area (Å²) in [7, 11) is 2.12. The van der Waals surface area contributed by atoms with Gasteiger partial charge in [-0.15, -0.1) is 0 Å². The summed E-state index contributed by atoms with van der Waals surface area (Å²) in [5.74, 6) is 2.06. The molecule has 3 aromatic rings. The zero-order valence-electron chi connectivity index (χ0n) is 21.5. The summed E-state index contributed by atoms with van der Waals surface area (Å²) >= 11 is 0. The van der Waals surface area contributed by atoms with Gasteiger partial charge in [0.1, 0.15) is 11.6 Å². The molecule has 0 aliphatic carbocycles. The molecule has 0 spiro atoms. The Bertz CT molecular complexity index is 1260. The van der Waals surface area contributed by atoms with Crippen molar-refractivity contribution in [3.8, 4) is 0 Å². The van der Waals surface area contributed by atoms with Crippen LogP contribution in [0.25, 0.3) is 5.70 Å². The number of nitrogens with zero attached hydrogens (tertiary/aromatic N) is 5. The van der Waals surface area contributed by atoms with Gasteiger partial charge in [0.15, 0.2) is 0 Å². The summed E-state index contributed by atoms with van der Waals surface area (Å²) < 4.78 is 19.0. The number of rotatable bonds is 7. The monoisotopic (exact) mass is 504 g/mol. The lowest BCUT2D eigenvalue weighted by molar-refractivity contribution is 0.311. The molecule has 3 N–H and O–H groups in total. The molecule has 194 valence electrons. The Hall–Kier alpha value is -3.92. The lowest BCUT2D eigenvalue weighted by Gasteiger charge is -2.32. The van der Waals surface area contributed by atoms with Gasteiger partial charge in [0, 0.05) is 38.4 Å². The van der Waals surface area contributed by atoms with Crippen LogP contribution in [0.5, 0.6) is 0 Å². The highest BCUT2D eigenvalue weighted by Gasteiger charge is 2.20. The third-order valence-corrected chi connectivity index (χ3v) is 6.72. The first-order valence-electron chi connectivity index (χ1n) is 12.6. The molecule has 9 nitrogen and oxygen atoms in total. The number of piperazine rings is 1. The van der Waals surface area contributed by atoms with Crippen LogP contribution in [0, 0.1) is 5.82 Å². The standard InChI is InChI=1S/C27H33FN8O/c1-18-10-11-29-23(24-5-4-16-37-24)17-22(18)31-26-32-25(30-19(2)20-6-8-21(28)9-7-20)33-27(34-26)36-14-12-35(3)13-15-36/h4-9,16-17,19,29H,10-15H2,1-3H3,(H2,30,31,32,33,34)/t19-/m1/s1. The van der Waals surface area contributed by atoms with Gasteiger partial charge in [-0.25, -0.2) is 4.39 Å². The van der Waals surface area contributed by atoms with Crippen LogP contribution in [0.15, 0.2) is 64.4 Å². The second kappa shape index (κ2) is 11.0. The largest absolute Gasteiger partial charge is 0.463 e. The quantitative estimate of drug-likeness (QED) is 0.437. The molecule has 0 bridgehead atoms. The topological polar surface area (TPSA) is 94.4 Å². The number of nitrogens with one attached hydrogen (secondary N) is 3. The van der Waals surface area contributed by atoms with Crippen LogP contribution >= 0.6 is 0 Å². The zero-order chi connectivity index (χ0) is 25.8. The summed E-state index contributed by atoms with van der Waals surface area (Å²) in [4.78, 5) is 18.7. The van der Waals surface area contributed by atoms with Crippen molar-refractivity contribution in [1.29, 1.82) is 0 Å². The molecule has 0 saturated carbocycles. The summed E-state index contributed by atoms with van der Waals surface area (Å²) in [5.41, 5.74) is 3.95. The predicted octanol–water partition coefficient (Wildman–Crippen LogP) is 4.25. The van der Waals surface area contributed by atoms with Crippen LogP contribution in [-0.2, 0) is 0 Å². The molecule has 5 rings (SSSR count). The first-order valence-corrected chi connectivity index (χ1v) is 12.6. The summed E-state index contributed by atoms with van der Waals surface area (Å²) in [5, 5.41) is 10.3. The maximum Gasteiger partial charge on any atom is 0.233 e. The molecule has 4 heterocycles. The van der Waals surface area contributed by atoms with Gasteiger partial charge in [0.25, 0.3) is 0 Å². The molecular weight excluding hydrogens is 471 g/mol. The predicted molar refractivity (Wildman–Crippen MR) is 144 cm³/mol. The molecule has 1 atom stereocenters. The molecule has 0 unspecified atom stereocenters. The number of hydrogen-bond donors (Lipinski definition) is 3. The van der Waals surface area contributed by atoms with Gasteiger partial charge >= 0.3 is 0 Å². The van der Waals surface area contributed by atoms with Crippen molar-refractivity contribution < 1.29 is 8.81 Å². The highest BCUT2D eigenvalue weighted by molar-refractivity contribution is 5.66. The van der Waals surface area contributed by atoms with Gasteiger partial charge in [0.05, 0.1) is 18.0 Å². The molecule has 0 radical (unpaired) electrons. The maximum atomic E-state index is 13.4. The molecule has 10 heteroatoms. The Kier molecular flexibility index (Phi) is 7.36. The van der Waals surface area contributed by atoms with Crippen molar-refractivity contribution >= 4 is 23.5 Å². The smallest absolute Gasteiger partial charge is 0.233 e. The maximum absolute atomic E-state index is 13.4. The van der Waals surface area contributed by atoms with Crippen LogP contribution in [0.2, 0.25) is 0 Å². The molecular formula is C27H33FN8O. The van der Waals surface area contributed by atoms with E-state index in [1.165, 1.54) is 17.7 Å². The Morgan fingerprint density at radius 2 is 1.78 bits per heavy atom. The minimum Gasteiger partial charge on any atom is -0.463 e. The van der Waals surface area contributed by atoms with Crippen LogP contribution in [0.1, 0.15) is 37.6 Å². The van der Waals surface area contributed by atoms with E-state index in [0.29, 0.717) is 17.8 Å². The Morgan fingerprint density at radius 3 is 2.51 bits per heavy atom. The normalized spacial score (nSPS) is 17.6. The first-order chi connectivity index (χ1) is 17.9. The lowest BCUT2D eigenvalue weighted by atomic mass is 10.1. The van der Waals surface area contributed by atoms with E-state index in [1.807, 2.05) is 25.1 Å². The van der Waals surface area contributed by atoms with Crippen LogP contribution in [0.4, 0.5) is 22.2 Å². The van der Waals surface area contributed by atoms with E-state index in [9.17, 15) is 4.39 Å². The van der Waals surface area contributed by atoms with Crippen LogP contribution in [0.3, 0.4) is 0 Å². The van der Waals surface area contributed by atoms with E-state index in [0.717, 1.165) is 61.9 Å². The average Bonchev–Trinajstić information content (AvgIpc) is 3.37. The van der Waals surface area contributed by atoms with Crippen molar-refractivity contribution in [3.05, 3.63) is 77.1 Å². The van der Waals surface area contributed by atoms with Gasteiger partial charge < -0.3 is 30.2 Å². The second-order valence-corrected chi connectivity index (χ2v) is 9.52. The summed E-state index contributed by atoms with van der Waals surface area (Å²) in [6, 6.07) is 10.1. The van der Waals surface area contributed by atoms with E-state index < -0.39 is 0 Å². The minimum absolute atomic E-state index is 0.121. The van der Waals surface area contributed by atoms with Crippen LogP contribution < -0.4 is 20.9 Å². The summed E-state index contributed by atoms with van der Waals surface area (Å²) in [6.07, 6.45) is 4.57. The van der Waals surface area contributed by atoms with Gasteiger partial charge in [-0.3, -0.25) is 0 Å². The fraction of sp³-hybridized carbons (Fsp3) is 0.370. The minimum atomic E-state index is -0.261. The van der Waals surface area contributed by atoms with Crippen molar-refractivity contribution in [2.24, 2.45) is 0 Å². The highest BCUT2D eigenvalue weighted by atomic mass is 19.1. The highest BCUT2D eigenvalue weighted by Crippen LogP contribution is 2.25. The summed E-state index contributed by atoms with van der Waals surface area (Å²) in [6.45, 7) is 8.45. The van der Waals surface area contributed by atoms with Crippen LogP contribution in [-0.4, -0.2) is 59.6 Å². The average molecular weight is 505 g/mol. The molecule has 1 fully saturated rings. The van der Waals surface area contributed by atoms with E-state index in [-0.39, 0.29) is 11.9 Å². The van der Waals surface area contributed by atoms with Crippen molar-refractivity contribution in [3.63, 3.8) is 0 Å². The number of likely N-dealkylation sites (N-methyl/N-ethyl adjacent to an activating group) is 1. The number of hydrogen-bond acceptors (Lipinski definition) is 9. The molecule has 0 amide bonds. The number of halogens is 1. The molecule has 37 heavy (non-hydrogen) atoms. The Balaban J connectivity index is 1.45. The van der Waals surface area contributed by atoms with E-state index >= 15 is 0 Å². The van der Waals surface area contributed by atoms with E-state index in [4.69, 9.17) is 19.4 Å². The van der Waals surface area contributed by atoms with Crippen molar-refractivity contribution in [2.45, 2.75) is 26.3 Å². The molecule has 2 aromatic heterocycles. The molecule has 1 aromatic carbocycles. The fourth-order valence-corrected chi connectivity index (χ4v) is 4.35. The van der Waals surface area contributed by atoms with Gasteiger partial charge in [-0.05, 0) is 68.8 Å². The lowest BCUT2D eigenvalue weighted by Crippen LogP contribution is -2.45. The third kappa shape index (κ3) is 6.08. The van der Waals surface area contributed by atoms with Crippen molar-refractivity contribution in [1.82, 2.24) is 25.2 Å². The molecule has 2 aliphatic heterocycles. The Labute approximate surface area is 216 Å². The number of benzene rings is 1. The Morgan fingerprint density at radius 1 is 1.03 bits per heavy atom. The number of allylic oxidation sites excluding steroid dienone is 1. The molecule has 2 aliphatic rings. The van der Waals surface area contributed by atoms with Gasteiger partial charge in [-0.1, -0.05) is 12.1 Å². The number of furan rings is 1. The first kappa shape index (κ1) is 24.8. The number of anilines is 3.